The molecule has 1 unspecified atom stereocenters. The van der Waals surface area contributed by atoms with Crippen LogP contribution in [0.3, 0.4) is 0 Å². The van der Waals surface area contributed by atoms with Crippen LogP contribution in [0, 0.1) is 0 Å². The van der Waals surface area contributed by atoms with E-state index in [0.717, 1.165) is 29.8 Å². The summed E-state index contributed by atoms with van der Waals surface area (Å²) in [6.45, 7) is 2.09. The minimum Gasteiger partial charge on any atom is -0.327 e. The molecule has 2 aromatic rings. The van der Waals surface area contributed by atoms with Gasteiger partial charge < -0.3 is 5.73 Å². The summed E-state index contributed by atoms with van der Waals surface area (Å²) >= 11 is 0. The van der Waals surface area contributed by atoms with Gasteiger partial charge in [-0.3, -0.25) is 4.98 Å². The third-order valence-electron chi connectivity index (χ3n) is 2.87. The van der Waals surface area contributed by atoms with Gasteiger partial charge in [-0.25, -0.2) is 9.97 Å². The second kappa shape index (κ2) is 6.21. The fraction of sp³-hybridized carbons (Fsp3) is 0.357. The van der Waals surface area contributed by atoms with Crippen LogP contribution in [0.15, 0.2) is 36.9 Å². The van der Waals surface area contributed by atoms with Crippen molar-refractivity contribution in [2.45, 2.75) is 32.2 Å². The quantitative estimate of drug-likeness (QED) is 0.867. The summed E-state index contributed by atoms with van der Waals surface area (Å²) in [4.78, 5) is 12.8. The van der Waals surface area contributed by atoms with Crippen LogP contribution < -0.4 is 5.73 Å². The molecule has 0 aliphatic heterocycles. The molecular weight excluding hydrogens is 224 g/mol. The van der Waals surface area contributed by atoms with Crippen LogP contribution >= 0.6 is 0 Å². The molecule has 0 spiro atoms. The molecular formula is C14H18N4. The molecule has 0 fully saturated rings. The Balaban J connectivity index is 2.00. The molecule has 0 aliphatic carbocycles. The first-order valence-electron chi connectivity index (χ1n) is 6.22. The van der Waals surface area contributed by atoms with Gasteiger partial charge in [-0.05, 0) is 30.0 Å². The Labute approximate surface area is 107 Å². The maximum absolute atomic E-state index is 5.90. The minimum atomic E-state index is 0.192. The van der Waals surface area contributed by atoms with Crippen molar-refractivity contribution in [3.05, 3.63) is 53.9 Å². The molecule has 2 aromatic heterocycles. The van der Waals surface area contributed by atoms with Gasteiger partial charge in [0.2, 0.25) is 0 Å². The second-order valence-electron chi connectivity index (χ2n) is 4.42. The third-order valence-corrected chi connectivity index (χ3v) is 2.87. The topological polar surface area (TPSA) is 64.7 Å². The van der Waals surface area contributed by atoms with Crippen molar-refractivity contribution in [2.24, 2.45) is 5.73 Å². The van der Waals surface area contributed by atoms with Crippen molar-refractivity contribution in [2.75, 3.05) is 0 Å². The molecule has 2 N–H and O–H groups in total. The number of hydrogen-bond acceptors (Lipinski definition) is 4. The van der Waals surface area contributed by atoms with Gasteiger partial charge in [0.25, 0.3) is 0 Å². The SMILES string of the molecule is CCC(N)Cc1cnc(Cc2cccnc2)nc1. The number of nitrogens with two attached hydrogens (primary N) is 1. The summed E-state index contributed by atoms with van der Waals surface area (Å²) in [5.74, 6) is 0.816. The molecule has 1 atom stereocenters. The summed E-state index contributed by atoms with van der Waals surface area (Å²) < 4.78 is 0. The van der Waals surface area contributed by atoms with E-state index in [0.29, 0.717) is 6.42 Å². The highest BCUT2D eigenvalue weighted by Crippen LogP contribution is 2.06. The highest BCUT2D eigenvalue weighted by molar-refractivity contribution is 5.15. The van der Waals surface area contributed by atoms with E-state index in [1.54, 1.807) is 6.20 Å². The molecule has 18 heavy (non-hydrogen) atoms. The lowest BCUT2D eigenvalue weighted by Gasteiger charge is -2.08. The number of aromatic nitrogens is 3. The molecule has 0 aromatic carbocycles. The predicted octanol–water partition coefficient (Wildman–Crippen LogP) is 1.74. The molecule has 0 radical (unpaired) electrons. The maximum Gasteiger partial charge on any atom is 0.132 e. The molecule has 2 heterocycles. The largest absolute Gasteiger partial charge is 0.327 e. The monoisotopic (exact) mass is 242 g/mol. The van der Waals surface area contributed by atoms with E-state index < -0.39 is 0 Å². The Bertz CT molecular complexity index is 467. The molecule has 2 rings (SSSR count). The molecule has 4 nitrogen and oxygen atoms in total. The summed E-state index contributed by atoms with van der Waals surface area (Å²) in [7, 11) is 0. The third kappa shape index (κ3) is 3.60. The number of pyridine rings is 1. The Morgan fingerprint density at radius 2 is 1.94 bits per heavy atom. The molecule has 4 heteroatoms. The summed E-state index contributed by atoms with van der Waals surface area (Å²) in [6, 6.07) is 4.14. The van der Waals surface area contributed by atoms with Gasteiger partial charge >= 0.3 is 0 Å². The predicted molar refractivity (Wildman–Crippen MR) is 71.0 cm³/mol. The Morgan fingerprint density at radius 3 is 2.56 bits per heavy atom. The Hall–Kier alpha value is -1.81. The number of rotatable bonds is 5. The average Bonchev–Trinajstić information content (AvgIpc) is 2.42. The minimum absolute atomic E-state index is 0.192. The van der Waals surface area contributed by atoms with E-state index in [4.69, 9.17) is 5.73 Å². The van der Waals surface area contributed by atoms with Gasteiger partial charge in [0.15, 0.2) is 0 Å². The fourth-order valence-electron chi connectivity index (χ4n) is 1.71. The van der Waals surface area contributed by atoms with Gasteiger partial charge in [0, 0.05) is 37.3 Å². The van der Waals surface area contributed by atoms with Gasteiger partial charge in [0.1, 0.15) is 5.82 Å². The van der Waals surface area contributed by atoms with Crippen molar-refractivity contribution < 1.29 is 0 Å². The lowest BCUT2D eigenvalue weighted by Crippen LogP contribution is -2.21. The van der Waals surface area contributed by atoms with Crippen LogP contribution in [0.5, 0.6) is 0 Å². The second-order valence-corrected chi connectivity index (χ2v) is 4.42. The van der Waals surface area contributed by atoms with Crippen molar-refractivity contribution in [1.29, 1.82) is 0 Å². The van der Waals surface area contributed by atoms with E-state index >= 15 is 0 Å². The van der Waals surface area contributed by atoms with Gasteiger partial charge in [0.05, 0.1) is 0 Å². The van der Waals surface area contributed by atoms with Crippen LogP contribution in [0.4, 0.5) is 0 Å². The number of hydrogen-bond donors (Lipinski definition) is 1. The molecule has 0 amide bonds. The van der Waals surface area contributed by atoms with E-state index in [-0.39, 0.29) is 6.04 Å². The molecule has 0 saturated carbocycles. The first-order chi connectivity index (χ1) is 8.78. The first-order valence-corrected chi connectivity index (χ1v) is 6.22. The van der Waals surface area contributed by atoms with Crippen LogP contribution in [0.25, 0.3) is 0 Å². The van der Waals surface area contributed by atoms with Gasteiger partial charge in [-0.1, -0.05) is 13.0 Å². The highest BCUT2D eigenvalue weighted by atomic mass is 14.9. The zero-order chi connectivity index (χ0) is 12.8. The van der Waals surface area contributed by atoms with E-state index in [9.17, 15) is 0 Å². The van der Waals surface area contributed by atoms with Crippen LogP contribution in [0.2, 0.25) is 0 Å². The van der Waals surface area contributed by atoms with Crippen LogP contribution in [-0.2, 0) is 12.8 Å². The van der Waals surface area contributed by atoms with E-state index in [1.807, 2.05) is 30.7 Å². The normalized spacial score (nSPS) is 12.3. The van der Waals surface area contributed by atoms with E-state index in [1.165, 1.54) is 0 Å². The van der Waals surface area contributed by atoms with Crippen molar-refractivity contribution in [3.8, 4) is 0 Å². The molecule has 0 aliphatic rings. The lowest BCUT2D eigenvalue weighted by molar-refractivity contribution is 0.642. The fourth-order valence-corrected chi connectivity index (χ4v) is 1.71. The van der Waals surface area contributed by atoms with Crippen molar-refractivity contribution in [3.63, 3.8) is 0 Å². The average molecular weight is 242 g/mol. The highest BCUT2D eigenvalue weighted by Gasteiger charge is 2.03. The molecule has 94 valence electrons. The molecule has 0 bridgehead atoms. The summed E-state index contributed by atoms with van der Waals surface area (Å²) in [6.07, 6.45) is 9.86. The van der Waals surface area contributed by atoms with Gasteiger partial charge in [-0.15, -0.1) is 0 Å². The van der Waals surface area contributed by atoms with Crippen LogP contribution in [-0.4, -0.2) is 21.0 Å². The standard InChI is InChI=1S/C14H18N4/c1-2-13(15)6-12-9-17-14(18-10-12)7-11-4-3-5-16-8-11/h3-5,8-10,13H,2,6-7,15H2,1H3. The zero-order valence-electron chi connectivity index (χ0n) is 10.6. The maximum atomic E-state index is 5.90. The summed E-state index contributed by atoms with van der Waals surface area (Å²) in [5.41, 5.74) is 8.12. The lowest BCUT2D eigenvalue weighted by atomic mass is 10.1. The summed E-state index contributed by atoms with van der Waals surface area (Å²) in [5, 5.41) is 0. The van der Waals surface area contributed by atoms with Crippen LogP contribution in [0.1, 0.15) is 30.3 Å². The molecule has 0 saturated heterocycles. The zero-order valence-corrected chi connectivity index (χ0v) is 10.6. The number of nitrogens with zero attached hydrogens (tertiary/aromatic N) is 3. The van der Waals surface area contributed by atoms with E-state index in [2.05, 4.69) is 21.9 Å². The first kappa shape index (κ1) is 12.6. The Morgan fingerprint density at radius 1 is 1.17 bits per heavy atom. The van der Waals surface area contributed by atoms with Crippen molar-refractivity contribution in [1.82, 2.24) is 15.0 Å². The van der Waals surface area contributed by atoms with Crippen molar-refractivity contribution >= 4 is 0 Å². The smallest absolute Gasteiger partial charge is 0.132 e. The Kier molecular flexibility index (Phi) is 4.36. The van der Waals surface area contributed by atoms with Gasteiger partial charge in [-0.2, -0.15) is 0 Å².